The molecule has 0 bridgehead atoms. The first-order chi connectivity index (χ1) is 13.8. The molecular formula is C22H31N3O3. The second kappa shape index (κ2) is 9.43. The second-order valence-electron chi connectivity index (χ2n) is 7.81. The Bertz CT molecular complexity index is 692. The summed E-state index contributed by atoms with van der Waals surface area (Å²) < 4.78 is 11.4. The van der Waals surface area contributed by atoms with Gasteiger partial charge < -0.3 is 19.3 Å². The van der Waals surface area contributed by atoms with Crippen LogP contribution in [0, 0.1) is 0 Å². The van der Waals surface area contributed by atoms with Crippen molar-refractivity contribution in [3.8, 4) is 11.5 Å². The monoisotopic (exact) mass is 385 g/mol. The number of piperazine rings is 1. The average molecular weight is 386 g/mol. The van der Waals surface area contributed by atoms with Crippen LogP contribution in [0.25, 0.3) is 6.08 Å². The number of ether oxygens (including phenoxy) is 2. The van der Waals surface area contributed by atoms with Crippen LogP contribution < -0.4 is 9.47 Å². The molecule has 0 atom stereocenters. The van der Waals surface area contributed by atoms with Crippen molar-refractivity contribution in [1.29, 1.82) is 0 Å². The quantitative estimate of drug-likeness (QED) is 0.727. The minimum Gasteiger partial charge on any atom is -0.490 e. The maximum atomic E-state index is 12.5. The summed E-state index contributed by atoms with van der Waals surface area (Å²) in [6.07, 6.45) is 7.13. The fraction of sp³-hybridized carbons (Fsp3) is 0.591. The first kappa shape index (κ1) is 19.3. The molecule has 0 N–H and O–H groups in total. The molecule has 0 aliphatic carbocycles. The lowest BCUT2D eigenvalue weighted by Gasteiger charge is -2.35. The highest BCUT2D eigenvalue weighted by Crippen LogP contribution is 2.30. The SMILES string of the molecule is O=C(C=Cc1ccc2c(c1)OCCCO2)N1CCN(CCN2CCCC2)CC1. The molecule has 0 spiro atoms. The molecule has 3 aliphatic heterocycles. The summed E-state index contributed by atoms with van der Waals surface area (Å²) in [6, 6.07) is 5.83. The van der Waals surface area contributed by atoms with Gasteiger partial charge in [-0.15, -0.1) is 0 Å². The summed E-state index contributed by atoms with van der Waals surface area (Å²) in [5.74, 6) is 1.64. The van der Waals surface area contributed by atoms with Crippen molar-refractivity contribution >= 4 is 12.0 Å². The highest BCUT2D eigenvalue weighted by Gasteiger charge is 2.20. The van der Waals surface area contributed by atoms with Gasteiger partial charge in [0.25, 0.3) is 0 Å². The van der Waals surface area contributed by atoms with Crippen molar-refractivity contribution in [3.63, 3.8) is 0 Å². The van der Waals surface area contributed by atoms with E-state index in [4.69, 9.17) is 9.47 Å². The van der Waals surface area contributed by atoms with Gasteiger partial charge in [0.1, 0.15) is 0 Å². The third-order valence-corrected chi connectivity index (χ3v) is 5.81. The van der Waals surface area contributed by atoms with Crippen LogP contribution in [-0.4, -0.2) is 86.2 Å². The largest absolute Gasteiger partial charge is 0.490 e. The Morgan fingerprint density at radius 1 is 0.857 bits per heavy atom. The summed E-state index contributed by atoms with van der Waals surface area (Å²) in [6.45, 7) is 9.70. The molecule has 1 amide bonds. The molecule has 4 rings (SSSR count). The van der Waals surface area contributed by atoms with Crippen molar-refractivity contribution in [2.45, 2.75) is 19.3 Å². The number of rotatable bonds is 5. The standard InChI is InChI=1S/C22H31N3O3/c26-22(7-5-19-4-6-20-21(18-19)28-17-3-16-27-20)25-14-12-24(13-15-25)11-10-23-8-1-2-9-23/h4-7,18H,1-3,8-17H2. The summed E-state index contributed by atoms with van der Waals surface area (Å²) >= 11 is 0. The Morgan fingerprint density at radius 3 is 2.29 bits per heavy atom. The Balaban J connectivity index is 1.24. The number of likely N-dealkylation sites (tertiary alicyclic amines) is 1. The number of nitrogens with zero attached hydrogens (tertiary/aromatic N) is 3. The van der Waals surface area contributed by atoms with E-state index in [0.29, 0.717) is 13.2 Å². The molecule has 6 heteroatoms. The van der Waals surface area contributed by atoms with Crippen LogP contribution >= 0.6 is 0 Å². The van der Waals surface area contributed by atoms with Gasteiger partial charge in [-0.1, -0.05) is 6.07 Å². The van der Waals surface area contributed by atoms with Crippen LogP contribution in [0.1, 0.15) is 24.8 Å². The third-order valence-electron chi connectivity index (χ3n) is 5.81. The van der Waals surface area contributed by atoms with Gasteiger partial charge in [-0.25, -0.2) is 0 Å². The van der Waals surface area contributed by atoms with Gasteiger partial charge in [0, 0.05) is 51.8 Å². The van der Waals surface area contributed by atoms with Gasteiger partial charge in [0.2, 0.25) is 5.91 Å². The lowest BCUT2D eigenvalue weighted by molar-refractivity contribution is -0.127. The molecule has 3 aliphatic rings. The van der Waals surface area contributed by atoms with E-state index in [1.807, 2.05) is 29.2 Å². The van der Waals surface area contributed by atoms with Crippen molar-refractivity contribution in [2.75, 3.05) is 65.6 Å². The molecule has 152 valence electrons. The lowest BCUT2D eigenvalue weighted by Crippen LogP contribution is -2.49. The third kappa shape index (κ3) is 5.06. The summed E-state index contributed by atoms with van der Waals surface area (Å²) in [7, 11) is 0. The van der Waals surface area contributed by atoms with Crippen LogP contribution in [0.15, 0.2) is 24.3 Å². The van der Waals surface area contributed by atoms with E-state index >= 15 is 0 Å². The molecule has 3 heterocycles. The molecule has 1 aromatic rings. The average Bonchev–Trinajstić information content (AvgIpc) is 3.14. The minimum absolute atomic E-state index is 0.0892. The van der Waals surface area contributed by atoms with Crippen LogP contribution in [-0.2, 0) is 4.79 Å². The van der Waals surface area contributed by atoms with Crippen LogP contribution in [0.3, 0.4) is 0 Å². The molecule has 0 aromatic heterocycles. The molecule has 0 unspecified atom stereocenters. The lowest BCUT2D eigenvalue weighted by atomic mass is 10.2. The van der Waals surface area contributed by atoms with Gasteiger partial charge in [-0.05, 0) is 49.7 Å². The number of carbonyl (C=O) groups excluding carboxylic acids is 1. The molecule has 1 aromatic carbocycles. The van der Waals surface area contributed by atoms with E-state index in [0.717, 1.165) is 62.8 Å². The van der Waals surface area contributed by atoms with Gasteiger partial charge in [-0.2, -0.15) is 0 Å². The zero-order valence-corrected chi connectivity index (χ0v) is 16.6. The Hall–Kier alpha value is -2.05. The number of hydrogen-bond donors (Lipinski definition) is 0. The van der Waals surface area contributed by atoms with E-state index in [1.165, 1.54) is 25.9 Å². The first-order valence-corrected chi connectivity index (χ1v) is 10.6. The zero-order chi connectivity index (χ0) is 19.2. The normalized spacial score (nSPS) is 21.2. The number of hydrogen-bond acceptors (Lipinski definition) is 5. The fourth-order valence-corrected chi connectivity index (χ4v) is 4.04. The predicted molar refractivity (Wildman–Crippen MR) is 110 cm³/mol. The Morgan fingerprint density at radius 2 is 1.54 bits per heavy atom. The molecule has 28 heavy (non-hydrogen) atoms. The molecule has 0 radical (unpaired) electrons. The van der Waals surface area contributed by atoms with Gasteiger partial charge in [0.15, 0.2) is 11.5 Å². The van der Waals surface area contributed by atoms with Crippen molar-refractivity contribution in [2.24, 2.45) is 0 Å². The highest BCUT2D eigenvalue weighted by atomic mass is 16.5. The predicted octanol–water partition coefficient (Wildman–Crippen LogP) is 2.10. The second-order valence-corrected chi connectivity index (χ2v) is 7.81. The van der Waals surface area contributed by atoms with E-state index in [2.05, 4.69) is 9.80 Å². The number of carbonyl (C=O) groups is 1. The maximum absolute atomic E-state index is 12.5. The Labute approximate surface area is 167 Å². The first-order valence-electron chi connectivity index (χ1n) is 10.6. The van der Waals surface area contributed by atoms with Crippen molar-refractivity contribution in [1.82, 2.24) is 14.7 Å². The maximum Gasteiger partial charge on any atom is 0.246 e. The number of amides is 1. The molecule has 2 fully saturated rings. The fourth-order valence-electron chi connectivity index (χ4n) is 4.04. The van der Waals surface area contributed by atoms with Crippen LogP contribution in [0.2, 0.25) is 0 Å². The van der Waals surface area contributed by atoms with Crippen molar-refractivity contribution < 1.29 is 14.3 Å². The van der Waals surface area contributed by atoms with E-state index in [1.54, 1.807) is 6.08 Å². The van der Waals surface area contributed by atoms with E-state index < -0.39 is 0 Å². The smallest absolute Gasteiger partial charge is 0.246 e. The molecular weight excluding hydrogens is 354 g/mol. The summed E-state index contributed by atoms with van der Waals surface area (Å²) in [5.41, 5.74) is 0.960. The van der Waals surface area contributed by atoms with Gasteiger partial charge in [0.05, 0.1) is 13.2 Å². The summed E-state index contributed by atoms with van der Waals surface area (Å²) in [4.78, 5) is 19.5. The highest BCUT2D eigenvalue weighted by molar-refractivity contribution is 5.92. The van der Waals surface area contributed by atoms with E-state index in [-0.39, 0.29) is 5.91 Å². The Kier molecular flexibility index (Phi) is 6.49. The van der Waals surface area contributed by atoms with Gasteiger partial charge in [-0.3, -0.25) is 9.69 Å². The number of fused-ring (bicyclic) bond motifs is 1. The number of benzene rings is 1. The van der Waals surface area contributed by atoms with Gasteiger partial charge >= 0.3 is 0 Å². The van der Waals surface area contributed by atoms with Crippen LogP contribution in [0.5, 0.6) is 11.5 Å². The summed E-state index contributed by atoms with van der Waals surface area (Å²) in [5, 5.41) is 0. The van der Waals surface area contributed by atoms with E-state index in [9.17, 15) is 4.79 Å². The van der Waals surface area contributed by atoms with Crippen LogP contribution in [0.4, 0.5) is 0 Å². The molecule has 0 saturated carbocycles. The molecule has 6 nitrogen and oxygen atoms in total. The minimum atomic E-state index is 0.0892. The zero-order valence-electron chi connectivity index (χ0n) is 16.6. The van der Waals surface area contributed by atoms with Crippen molar-refractivity contribution in [3.05, 3.63) is 29.8 Å². The topological polar surface area (TPSA) is 45.3 Å². The molecule has 2 saturated heterocycles.